The Morgan fingerprint density at radius 3 is 2.03 bits per heavy atom. The van der Waals surface area contributed by atoms with Crippen molar-refractivity contribution in [3.8, 4) is 11.1 Å². The molecule has 1 aliphatic heterocycles. The van der Waals surface area contributed by atoms with Gasteiger partial charge in [-0.25, -0.2) is 9.59 Å². The van der Waals surface area contributed by atoms with Crippen LogP contribution in [0.2, 0.25) is 10.0 Å². The van der Waals surface area contributed by atoms with Gasteiger partial charge in [-0.3, -0.25) is 4.79 Å². The number of hydrogen-bond acceptors (Lipinski definition) is 3. The summed E-state index contributed by atoms with van der Waals surface area (Å²) in [5.41, 5.74) is 3.36. The van der Waals surface area contributed by atoms with Crippen molar-refractivity contribution in [3.05, 3.63) is 82.3 Å². The summed E-state index contributed by atoms with van der Waals surface area (Å²) in [5.74, 6) is -1.24. The normalized spacial score (nSPS) is 15.1. The number of hydrogen-bond donors (Lipinski definition) is 3. The zero-order valence-electron chi connectivity index (χ0n) is 17.9. The highest BCUT2D eigenvalue weighted by atomic mass is 35.5. The van der Waals surface area contributed by atoms with Gasteiger partial charge in [-0.1, -0.05) is 47.5 Å². The molecule has 34 heavy (non-hydrogen) atoms. The number of aliphatic carboxylic acids is 1. The summed E-state index contributed by atoms with van der Waals surface area (Å²) >= 11 is 11.8. The van der Waals surface area contributed by atoms with Crippen molar-refractivity contribution >= 4 is 52.5 Å². The van der Waals surface area contributed by atoms with Crippen molar-refractivity contribution in [2.75, 3.05) is 17.2 Å². The Bertz CT molecular complexity index is 1230. The van der Waals surface area contributed by atoms with E-state index in [1.165, 1.54) is 4.90 Å². The van der Waals surface area contributed by atoms with Crippen LogP contribution in [0.25, 0.3) is 11.1 Å². The molecule has 3 amide bonds. The van der Waals surface area contributed by atoms with Crippen LogP contribution in [0.3, 0.4) is 0 Å². The largest absolute Gasteiger partial charge is 0.480 e. The molecular formula is C25H21Cl2N3O4. The second-order valence-electron chi connectivity index (χ2n) is 7.86. The van der Waals surface area contributed by atoms with Gasteiger partial charge in [-0.15, -0.1) is 0 Å². The molecule has 3 aromatic carbocycles. The number of carbonyl (C=O) groups is 3. The first-order chi connectivity index (χ1) is 16.3. The highest BCUT2D eigenvalue weighted by Crippen LogP contribution is 2.26. The van der Waals surface area contributed by atoms with Gasteiger partial charge in [-0.05, 0) is 66.4 Å². The quantitative estimate of drug-likeness (QED) is 0.402. The van der Waals surface area contributed by atoms with Crippen LogP contribution in [0.1, 0.15) is 23.2 Å². The molecule has 3 aromatic rings. The molecule has 1 fully saturated rings. The van der Waals surface area contributed by atoms with E-state index in [9.17, 15) is 19.5 Å². The van der Waals surface area contributed by atoms with Crippen molar-refractivity contribution < 1.29 is 19.5 Å². The third-order valence-corrected chi connectivity index (χ3v) is 6.32. The number of carboxylic acids is 1. The molecule has 0 unspecified atom stereocenters. The van der Waals surface area contributed by atoms with Gasteiger partial charge in [0, 0.05) is 23.5 Å². The molecule has 4 rings (SSSR count). The Balaban J connectivity index is 1.38. The molecule has 9 heteroatoms. The van der Waals surface area contributed by atoms with Gasteiger partial charge in [0.15, 0.2) is 0 Å². The Hall–Kier alpha value is -3.55. The van der Waals surface area contributed by atoms with Crippen molar-refractivity contribution in [1.82, 2.24) is 4.90 Å². The van der Waals surface area contributed by atoms with Crippen molar-refractivity contribution in [2.45, 2.75) is 18.9 Å². The zero-order chi connectivity index (χ0) is 24.2. The van der Waals surface area contributed by atoms with Crippen LogP contribution in [0, 0.1) is 0 Å². The minimum absolute atomic E-state index is 0.274. The smallest absolute Gasteiger partial charge is 0.326 e. The number of rotatable bonds is 5. The van der Waals surface area contributed by atoms with Crippen molar-refractivity contribution in [3.63, 3.8) is 0 Å². The molecule has 0 saturated carbocycles. The molecule has 1 aliphatic rings. The number of halogens is 2. The van der Waals surface area contributed by atoms with Crippen LogP contribution in [-0.4, -0.2) is 40.5 Å². The number of likely N-dealkylation sites (tertiary alicyclic amines) is 1. The van der Waals surface area contributed by atoms with E-state index in [4.69, 9.17) is 23.2 Å². The summed E-state index contributed by atoms with van der Waals surface area (Å²) in [7, 11) is 0. The molecular weight excluding hydrogens is 477 g/mol. The van der Waals surface area contributed by atoms with Gasteiger partial charge in [0.05, 0.1) is 10.0 Å². The average molecular weight is 498 g/mol. The van der Waals surface area contributed by atoms with Gasteiger partial charge in [0.2, 0.25) is 0 Å². The Kier molecular flexibility index (Phi) is 7.05. The predicted octanol–water partition coefficient (Wildman–Crippen LogP) is 5.99. The molecule has 0 aliphatic carbocycles. The Morgan fingerprint density at radius 2 is 1.41 bits per heavy atom. The first-order valence-electron chi connectivity index (χ1n) is 10.6. The maximum atomic E-state index is 12.7. The Labute approximate surface area is 206 Å². The fourth-order valence-corrected chi connectivity index (χ4v) is 4.15. The van der Waals surface area contributed by atoms with Gasteiger partial charge < -0.3 is 20.6 Å². The zero-order valence-corrected chi connectivity index (χ0v) is 19.4. The second-order valence-corrected chi connectivity index (χ2v) is 8.67. The molecule has 1 saturated heterocycles. The maximum Gasteiger partial charge on any atom is 0.326 e. The standard InChI is InChI=1S/C25H21Cl2N3O4/c26-20-12-11-19(14-21(20)27)29-25(34)28-18-9-7-16(8-10-18)15-3-5-17(6-4-15)23(31)30-13-1-2-22(30)24(32)33/h3-12,14,22H,1-2,13H2,(H,32,33)(H2,28,29,34)/t22-/m1/s1. The molecule has 0 bridgehead atoms. The molecule has 3 N–H and O–H groups in total. The third kappa shape index (κ3) is 5.32. The van der Waals surface area contributed by atoms with Crippen LogP contribution in [-0.2, 0) is 4.79 Å². The van der Waals surface area contributed by atoms with E-state index >= 15 is 0 Å². The SMILES string of the molecule is O=C(Nc1ccc(-c2ccc(C(=O)N3CCC[C@@H]3C(=O)O)cc2)cc1)Nc1ccc(Cl)c(Cl)c1. The summed E-state index contributed by atoms with van der Waals surface area (Å²) in [6.07, 6.45) is 1.16. The number of anilines is 2. The molecule has 7 nitrogen and oxygen atoms in total. The molecule has 0 spiro atoms. The number of carbonyl (C=O) groups excluding carboxylic acids is 2. The van der Waals surface area contributed by atoms with Crippen LogP contribution in [0.4, 0.5) is 16.2 Å². The fraction of sp³-hybridized carbons (Fsp3) is 0.160. The van der Waals surface area contributed by atoms with Crippen molar-refractivity contribution in [1.29, 1.82) is 0 Å². The van der Waals surface area contributed by atoms with Gasteiger partial charge >= 0.3 is 12.0 Å². The van der Waals surface area contributed by atoms with Gasteiger partial charge in [-0.2, -0.15) is 0 Å². The first kappa shape index (κ1) is 23.6. The number of carboxylic acid groups (broad SMARTS) is 1. The van der Waals surface area contributed by atoms with Crippen LogP contribution >= 0.6 is 23.2 Å². The number of urea groups is 1. The molecule has 1 heterocycles. The highest BCUT2D eigenvalue weighted by Gasteiger charge is 2.34. The summed E-state index contributed by atoms with van der Waals surface area (Å²) < 4.78 is 0. The Morgan fingerprint density at radius 1 is 0.824 bits per heavy atom. The molecule has 0 aromatic heterocycles. The van der Waals surface area contributed by atoms with Crippen LogP contribution in [0.5, 0.6) is 0 Å². The molecule has 1 atom stereocenters. The summed E-state index contributed by atoms with van der Waals surface area (Å²) in [6, 6.07) is 17.9. The number of nitrogens with one attached hydrogen (secondary N) is 2. The lowest BCUT2D eigenvalue weighted by atomic mass is 10.0. The van der Waals surface area contributed by atoms with Crippen molar-refractivity contribution in [2.24, 2.45) is 0 Å². The van der Waals surface area contributed by atoms with E-state index in [0.29, 0.717) is 46.4 Å². The van der Waals surface area contributed by atoms with Gasteiger partial charge in [0.25, 0.3) is 5.91 Å². The monoisotopic (exact) mass is 497 g/mol. The van der Waals surface area contributed by atoms with E-state index in [1.807, 2.05) is 24.3 Å². The lowest BCUT2D eigenvalue weighted by molar-refractivity contribution is -0.141. The first-order valence-corrected chi connectivity index (χ1v) is 11.3. The predicted molar refractivity (Wildman–Crippen MR) is 133 cm³/mol. The minimum atomic E-state index is -0.971. The number of benzene rings is 3. The topological polar surface area (TPSA) is 98.7 Å². The second kappa shape index (κ2) is 10.2. The van der Waals surface area contributed by atoms with E-state index in [0.717, 1.165) is 11.1 Å². The molecule has 174 valence electrons. The number of nitrogens with zero attached hydrogens (tertiary/aromatic N) is 1. The van der Waals surface area contributed by atoms with Gasteiger partial charge in [0.1, 0.15) is 6.04 Å². The summed E-state index contributed by atoms with van der Waals surface area (Å²) in [6.45, 7) is 0.449. The van der Waals surface area contributed by atoms with E-state index in [2.05, 4.69) is 10.6 Å². The number of amides is 3. The fourth-order valence-electron chi connectivity index (χ4n) is 3.85. The van der Waals surface area contributed by atoms with E-state index < -0.39 is 18.0 Å². The van der Waals surface area contributed by atoms with Crippen LogP contribution < -0.4 is 10.6 Å². The van der Waals surface area contributed by atoms with Crippen LogP contribution in [0.15, 0.2) is 66.7 Å². The average Bonchev–Trinajstić information content (AvgIpc) is 3.32. The van der Waals surface area contributed by atoms with E-state index in [1.54, 1.807) is 42.5 Å². The summed E-state index contributed by atoms with van der Waals surface area (Å²) in [5, 5.41) is 15.5. The summed E-state index contributed by atoms with van der Waals surface area (Å²) in [4.78, 5) is 37.7. The minimum Gasteiger partial charge on any atom is -0.480 e. The maximum absolute atomic E-state index is 12.7. The van der Waals surface area contributed by atoms with E-state index in [-0.39, 0.29) is 5.91 Å². The highest BCUT2D eigenvalue weighted by molar-refractivity contribution is 6.42. The lowest BCUT2D eigenvalue weighted by Crippen LogP contribution is -2.40. The third-order valence-electron chi connectivity index (χ3n) is 5.58. The molecule has 0 radical (unpaired) electrons. The lowest BCUT2D eigenvalue weighted by Gasteiger charge is -2.21.